The Morgan fingerprint density at radius 3 is 2.23 bits per heavy atom. The molecule has 0 saturated heterocycles. The molecule has 2 aromatic carbocycles. The number of hydrogen-bond acceptors (Lipinski definition) is 5. The third-order valence-electron chi connectivity index (χ3n) is 3.25. The standard InChI is InChI=1S/C17H22N2O3/c1-20-14-6-4-5-13(11-14)18-9-10-19-16-12-15(21-2)7-8-17(16)22-3/h4-8,11-12,18-19H,9-10H2,1-3H3. The summed E-state index contributed by atoms with van der Waals surface area (Å²) in [6.45, 7) is 1.52. The third kappa shape index (κ3) is 4.22. The van der Waals surface area contributed by atoms with E-state index in [1.54, 1.807) is 21.3 Å². The quantitative estimate of drug-likeness (QED) is 0.733. The lowest BCUT2D eigenvalue weighted by atomic mass is 10.2. The first-order valence-corrected chi connectivity index (χ1v) is 7.10. The van der Waals surface area contributed by atoms with Crippen LogP contribution in [0.3, 0.4) is 0 Å². The maximum atomic E-state index is 5.34. The van der Waals surface area contributed by atoms with E-state index in [9.17, 15) is 0 Å². The maximum Gasteiger partial charge on any atom is 0.142 e. The Kier molecular flexibility index (Phi) is 5.77. The molecule has 0 aliphatic heterocycles. The minimum absolute atomic E-state index is 0.751. The fourth-order valence-corrected chi connectivity index (χ4v) is 2.09. The summed E-state index contributed by atoms with van der Waals surface area (Å²) >= 11 is 0. The van der Waals surface area contributed by atoms with E-state index in [0.29, 0.717) is 0 Å². The molecule has 0 aliphatic rings. The molecule has 0 aliphatic carbocycles. The number of ether oxygens (including phenoxy) is 3. The molecular weight excluding hydrogens is 280 g/mol. The number of benzene rings is 2. The molecule has 0 amide bonds. The van der Waals surface area contributed by atoms with Crippen LogP contribution in [-0.2, 0) is 0 Å². The van der Waals surface area contributed by atoms with Gasteiger partial charge in [0.25, 0.3) is 0 Å². The average Bonchev–Trinajstić information content (AvgIpc) is 2.58. The first kappa shape index (κ1) is 15.8. The highest BCUT2D eigenvalue weighted by Crippen LogP contribution is 2.28. The molecule has 22 heavy (non-hydrogen) atoms. The van der Waals surface area contributed by atoms with Crippen molar-refractivity contribution < 1.29 is 14.2 Å². The molecule has 2 N–H and O–H groups in total. The van der Waals surface area contributed by atoms with Crippen molar-refractivity contribution in [1.82, 2.24) is 0 Å². The van der Waals surface area contributed by atoms with Crippen LogP contribution < -0.4 is 24.8 Å². The zero-order chi connectivity index (χ0) is 15.8. The van der Waals surface area contributed by atoms with Gasteiger partial charge in [-0.1, -0.05) is 6.07 Å². The van der Waals surface area contributed by atoms with E-state index in [1.165, 1.54) is 0 Å². The molecule has 5 heteroatoms. The highest BCUT2D eigenvalue weighted by atomic mass is 16.5. The molecule has 0 bridgehead atoms. The minimum atomic E-state index is 0.751. The van der Waals surface area contributed by atoms with E-state index in [-0.39, 0.29) is 0 Å². The number of rotatable bonds is 8. The summed E-state index contributed by atoms with van der Waals surface area (Å²) in [6.07, 6.45) is 0. The van der Waals surface area contributed by atoms with Gasteiger partial charge in [-0.05, 0) is 24.3 Å². The fraction of sp³-hybridized carbons (Fsp3) is 0.294. The van der Waals surface area contributed by atoms with Gasteiger partial charge in [0.1, 0.15) is 17.2 Å². The summed E-state index contributed by atoms with van der Waals surface area (Å²) < 4.78 is 15.8. The summed E-state index contributed by atoms with van der Waals surface area (Å²) in [5, 5.41) is 6.68. The summed E-state index contributed by atoms with van der Waals surface area (Å²) in [7, 11) is 4.97. The van der Waals surface area contributed by atoms with Gasteiger partial charge in [0.2, 0.25) is 0 Å². The maximum absolute atomic E-state index is 5.34. The monoisotopic (exact) mass is 302 g/mol. The predicted octanol–water partition coefficient (Wildman–Crippen LogP) is 3.24. The van der Waals surface area contributed by atoms with Gasteiger partial charge in [-0.2, -0.15) is 0 Å². The molecule has 0 saturated carbocycles. The second-order valence-electron chi connectivity index (χ2n) is 4.65. The predicted molar refractivity (Wildman–Crippen MR) is 89.5 cm³/mol. The van der Waals surface area contributed by atoms with E-state index in [4.69, 9.17) is 14.2 Å². The van der Waals surface area contributed by atoms with Gasteiger partial charge in [-0.25, -0.2) is 0 Å². The number of methoxy groups -OCH3 is 3. The molecule has 0 heterocycles. The minimum Gasteiger partial charge on any atom is -0.497 e. The molecule has 0 atom stereocenters. The van der Waals surface area contributed by atoms with E-state index in [0.717, 1.165) is 41.7 Å². The molecule has 118 valence electrons. The van der Waals surface area contributed by atoms with E-state index >= 15 is 0 Å². The van der Waals surface area contributed by atoms with Crippen molar-refractivity contribution in [1.29, 1.82) is 0 Å². The number of nitrogens with one attached hydrogen (secondary N) is 2. The molecule has 0 fully saturated rings. The van der Waals surface area contributed by atoms with Crippen LogP contribution in [0.15, 0.2) is 42.5 Å². The van der Waals surface area contributed by atoms with Crippen molar-refractivity contribution in [3.63, 3.8) is 0 Å². The fourth-order valence-electron chi connectivity index (χ4n) is 2.09. The Morgan fingerprint density at radius 2 is 1.50 bits per heavy atom. The molecule has 0 radical (unpaired) electrons. The van der Waals surface area contributed by atoms with E-state index < -0.39 is 0 Å². The van der Waals surface area contributed by atoms with Gasteiger partial charge >= 0.3 is 0 Å². The van der Waals surface area contributed by atoms with Gasteiger partial charge < -0.3 is 24.8 Å². The lowest BCUT2D eigenvalue weighted by molar-refractivity contribution is 0.404. The van der Waals surface area contributed by atoms with Crippen LogP contribution >= 0.6 is 0 Å². The lowest BCUT2D eigenvalue weighted by Crippen LogP contribution is -2.14. The summed E-state index contributed by atoms with van der Waals surface area (Å²) in [5.74, 6) is 2.43. The van der Waals surface area contributed by atoms with Gasteiger partial charge in [0.05, 0.1) is 27.0 Å². The SMILES string of the molecule is COc1cccc(NCCNc2cc(OC)ccc2OC)c1. The molecule has 5 nitrogen and oxygen atoms in total. The van der Waals surface area contributed by atoms with E-state index in [1.807, 2.05) is 42.5 Å². The normalized spacial score (nSPS) is 9.95. The zero-order valence-electron chi connectivity index (χ0n) is 13.2. The van der Waals surface area contributed by atoms with Gasteiger partial charge in [0, 0.05) is 30.9 Å². The van der Waals surface area contributed by atoms with Crippen molar-refractivity contribution >= 4 is 11.4 Å². The van der Waals surface area contributed by atoms with Gasteiger partial charge in [-0.3, -0.25) is 0 Å². The smallest absolute Gasteiger partial charge is 0.142 e. The number of anilines is 2. The largest absolute Gasteiger partial charge is 0.497 e. The van der Waals surface area contributed by atoms with Crippen LogP contribution in [-0.4, -0.2) is 34.4 Å². The first-order chi connectivity index (χ1) is 10.8. The summed E-state index contributed by atoms with van der Waals surface area (Å²) in [6, 6.07) is 13.5. The van der Waals surface area contributed by atoms with Crippen LogP contribution in [0.5, 0.6) is 17.2 Å². The Labute approximate surface area is 131 Å². The van der Waals surface area contributed by atoms with Crippen molar-refractivity contribution in [2.24, 2.45) is 0 Å². The Hall–Kier alpha value is -2.56. The third-order valence-corrected chi connectivity index (χ3v) is 3.25. The van der Waals surface area contributed by atoms with Crippen LogP contribution in [0.1, 0.15) is 0 Å². The lowest BCUT2D eigenvalue weighted by Gasteiger charge is -2.13. The van der Waals surface area contributed by atoms with Crippen molar-refractivity contribution in [2.75, 3.05) is 45.1 Å². The van der Waals surface area contributed by atoms with Gasteiger partial charge in [-0.15, -0.1) is 0 Å². The zero-order valence-corrected chi connectivity index (χ0v) is 13.2. The molecule has 0 unspecified atom stereocenters. The Morgan fingerprint density at radius 1 is 0.773 bits per heavy atom. The molecule has 0 spiro atoms. The molecular formula is C17H22N2O3. The van der Waals surface area contributed by atoms with Crippen LogP contribution in [0.4, 0.5) is 11.4 Å². The van der Waals surface area contributed by atoms with Crippen molar-refractivity contribution in [3.05, 3.63) is 42.5 Å². The summed E-state index contributed by atoms with van der Waals surface area (Å²) in [5.41, 5.74) is 1.94. The Balaban J connectivity index is 1.88. The van der Waals surface area contributed by atoms with E-state index in [2.05, 4.69) is 10.6 Å². The second-order valence-corrected chi connectivity index (χ2v) is 4.65. The number of hydrogen-bond donors (Lipinski definition) is 2. The van der Waals surface area contributed by atoms with Crippen LogP contribution in [0.2, 0.25) is 0 Å². The van der Waals surface area contributed by atoms with Crippen LogP contribution in [0.25, 0.3) is 0 Å². The molecule has 2 rings (SSSR count). The van der Waals surface area contributed by atoms with Gasteiger partial charge in [0.15, 0.2) is 0 Å². The van der Waals surface area contributed by atoms with Crippen molar-refractivity contribution in [2.45, 2.75) is 0 Å². The average molecular weight is 302 g/mol. The molecule has 2 aromatic rings. The summed E-state index contributed by atoms with van der Waals surface area (Å²) in [4.78, 5) is 0. The second kappa shape index (κ2) is 8.02. The van der Waals surface area contributed by atoms with Crippen LogP contribution in [0, 0.1) is 0 Å². The highest BCUT2D eigenvalue weighted by Gasteiger charge is 2.04. The Bertz CT molecular complexity index is 602. The molecule has 0 aromatic heterocycles. The highest BCUT2D eigenvalue weighted by molar-refractivity contribution is 5.60. The first-order valence-electron chi connectivity index (χ1n) is 7.10. The van der Waals surface area contributed by atoms with Crippen molar-refractivity contribution in [3.8, 4) is 17.2 Å². The topological polar surface area (TPSA) is 51.8 Å².